The number of halogens is 2. The zero-order valence-corrected chi connectivity index (χ0v) is 17.7. The smallest absolute Gasteiger partial charge is 0.336 e. The van der Waals surface area contributed by atoms with Crippen molar-refractivity contribution in [1.82, 2.24) is 0 Å². The van der Waals surface area contributed by atoms with Crippen LogP contribution in [0.25, 0.3) is 0 Å². The van der Waals surface area contributed by atoms with Gasteiger partial charge in [-0.25, -0.2) is 9.59 Å². The van der Waals surface area contributed by atoms with Gasteiger partial charge in [-0.3, -0.25) is 4.79 Å². The molecule has 2 aromatic carbocycles. The molecule has 0 fully saturated rings. The van der Waals surface area contributed by atoms with Gasteiger partial charge in [-0.1, -0.05) is 44.0 Å². The van der Waals surface area contributed by atoms with E-state index in [9.17, 15) is 14.4 Å². The lowest BCUT2D eigenvalue weighted by Gasteiger charge is -2.14. The quantitative estimate of drug-likeness (QED) is 0.621. The summed E-state index contributed by atoms with van der Waals surface area (Å²) in [5.41, 5.74) is 2.31. The maximum atomic E-state index is 11.3. The molecule has 0 aliphatic carbocycles. The molecule has 1 aliphatic heterocycles. The standard InChI is InChI=1S/C10H9BrO5.C9H7BrO2/c11-7-2-1-6(4-16-5-9(12)13)8(3-7)10(14)15;10-7-2-1-6-4-12-5-9(11)8(6)3-7/h1-3H,4-5H2,(H,12,13)(H,14,15);1-3H,4-5H2. The largest absolute Gasteiger partial charge is 0.480 e. The second-order valence-corrected chi connectivity index (χ2v) is 7.54. The number of benzene rings is 2. The Morgan fingerprint density at radius 2 is 1.71 bits per heavy atom. The Morgan fingerprint density at radius 1 is 1.04 bits per heavy atom. The van der Waals surface area contributed by atoms with Gasteiger partial charge >= 0.3 is 11.9 Å². The zero-order valence-electron chi connectivity index (χ0n) is 14.5. The van der Waals surface area contributed by atoms with E-state index in [0.717, 1.165) is 15.6 Å². The predicted octanol–water partition coefficient (Wildman–Crippen LogP) is 3.91. The van der Waals surface area contributed by atoms with Gasteiger partial charge in [0, 0.05) is 14.5 Å². The highest BCUT2D eigenvalue weighted by molar-refractivity contribution is 9.10. The summed E-state index contributed by atoms with van der Waals surface area (Å²) in [6, 6.07) is 10.4. The number of Topliss-reactive ketones (excluding diaryl/α,β-unsaturated/α-hetero) is 1. The zero-order chi connectivity index (χ0) is 20.7. The van der Waals surface area contributed by atoms with E-state index in [-0.39, 0.29) is 24.6 Å². The van der Waals surface area contributed by atoms with Crippen LogP contribution in [-0.2, 0) is 27.5 Å². The van der Waals surface area contributed by atoms with Crippen LogP contribution in [0, 0.1) is 0 Å². The van der Waals surface area contributed by atoms with E-state index in [4.69, 9.17) is 19.7 Å². The Hall–Kier alpha value is -2.07. The van der Waals surface area contributed by atoms with Crippen molar-refractivity contribution in [2.24, 2.45) is 0 Å². The van der Waals surface area contributed by atoms with Gasteiger partial charge in [-0.15, -0.1) is 0 Å². The molecule has 28 heavy (non-hydrogen) atoms. The molecular weight excluding hydrogens is 500 g/mol. The number of hydrogen-bond donors (Lipinski definition) is 2. The molecule has 3 rings (SSSR count). The second kappa shape index (κ2) is 10.5. The number of carbonyl (C=O) groups is 3. The van der Waals surface area contributed by atoms with E-state index in [0.29, 0.717) is 16.6 Å². The molecule has 0 unspecified atom stereocenters. The molecule has 2 aromatic rings. The van der Waals surface area contributed by atoms with E-state index in [1.165, 1.54) is 6.07 Å². The van der Waals surface area contributed by atoms with Crippen molar-refractivity contribution in [2.75, 3.05) is 13.2 Å². The number of carbonyl (C=O) groups excluding carboxylic acids is 1. The lowest BCUT2D eigenvalue weighted by molar-refractivity contribution is -0.142. The maximum absolute atomic E-state index is 11.3. The van der Waals surface area contributed by atoms with Gasteiger partial charge in [0.05, 0.1) is 18.8 Å². The van der Waals surface area contributed by atoms with Gasteiger partial charge in [0.15, 0.2) is 5.78 Å². The summed E-state index contributed by atoms with van der Waals surface area (Å²) < 4.78 is 11.5. The molecule has 9 heteroatoms. The van der Waals surface area contributed by atoms with Crippen molar-refractivity contribution in [3.63, 3.8) is 0 Å². The van der Waals surface area contributed by atoms with Crippen molar-refractivity contribution < 1.29 is 34.1 Å². The third kappa shape index (κ3) is 6.52. The summed E-state index contributed by atoms with van der Waals surface area (Å²) in [5, 5.41) is 17.3. The number of carboxylic acid groups (broad SMARTS) is 2. The number of aliphatic carboxylic acids is 1. The molecule has 0 amide bonds. The molecule has 0 atom stereocenters. The summed E-state index contributed by atoms with van der Waals surface area (Å²) in [5.74, 6) is -2.10. The predicted molar refractivity (Wildman–Crippen MR) is 107 cm³/mol. The first-order chi connectivity index (χ1) is 13.3. The highest BCUT2D eigenvalue weighted by Crippen LogP contribution is 2.21. The lowest BCUT2D eigenvalue weighted by Crippen LogP contribution is -2.17. The van der Waals surface area contributed by atoms with Crippen LogP contribution in [0.15, 0.2) is 45.3 Å². The fourth-order valence-electron chi connectivity index (χ4n) is 2.39. The van der Waals surface area contributed by atoms with Crippen LogP contribution >= 0.6 is 31.9 Å². The molecule has 0 spiro atoms. The molecule has 0 aromatic heterocycles. The van der Waals surface area contributed by atoms with Crippen molar-refractivity contribution in [2.45, 2.75) is 13.2 Å². The average Bonchev–Trinajstić information content (AvgIpc) is 2.64. The molecule has 1 heterocycles. The van der Waals surface area contributed by atoms with Crippen molar-refractivity contribution in [3.8, 4) is 0 Å². The summed E-state index contributed by atoms with van der Waals surface area (Å²) in [6.45, 7) is 0.272. The maximum Gasteiger partial charge on any atom is 0.336 e. The molecule has 148 valence electrons. The Morgan fingerprint density at radius 3 is 2.39 bits per heavy atom. The van der Waals surface area contributed by atoms with E-state index >= 15 is 0 Å². The van der Waals surface area contributed by atoms with Gasteiger partial charge < -0.3 is 19.7 Å². The lowest BCUT2D eigenvalue weighted by atomic mass is 10.0. The highest BCUT2D eigenvalue weighted by Gasteiger charge is 2.17. The number of hydrogen-bond acceptors (Lipinski definition) is 5. The minimum atomic E-state index is -1.09. The van der Waals surface area contributed by atoms with E-state index < -0.39 is 18.5 Å². The second-order valence-electron chi connectivity index (χ2n) is 5.71. The summed E-state index contributed by atoms with van der Waals surface area (Å²) >= 11 is 6.48. The average molecular weight is 516 g/mol. The van der Waals surface area contributed by atoms with E-state index in [1.54, 1.807) is 12.1 Å². The third-order valence-corrected chi connectivity index (χ3v) is 4.63. The van der Waals surface area contributed by atoms with Crippen molar-refractivity contribution >= 4 is 49.6 Å². The van der Waals surface area contributed by atoms with Crippen LogP contribution in [0.1, 0.15) is 31.8 Å². The normalized spacial score (nSPS) is 12.6. The fraction of sp³-hybridized carbons (Fsp3) is 0.211. The molecule has 1 aliphatic rings. The van der Waals surface area contributed by atoms with Crippen LogP contribution < -0.4 is 0 Å². The number of rotatable bonds is 5. The van der Waals surface area contributed by atoms with E-state index in [2.05, 4.69) is 31.9 Å². The number of fused-ring (bicyclic) bond motifs is 1. The topological polar surface area (TPSA) is 110 Å². The monoisotopic (exact) mass is 514 g/mol. The van der Waals surface area contributed by atoms with Gasteiger partial charge in [0.2, 0.25) is 0 Å². The van der Waals surface area contributed by atoms with Gasteiger partial charge in [0.1, 0.15) is 13.2 Å². The molecule has 0 radical (unpaired) electrons. The van der Waals surface area contributed by atoms with Crippen LogP contribution in [-0.4, -0.2) is 41.1 Å². The number of ether oxygens (including phenoxy) is 2. The first kappa shape index (κ1) is 22.2. The van der Waals surface area contributed by atoms with E-state index in [1.807, 2.05) is 18.2 Å². The Balaban J connectivity index is 0.000000207. The minimum Gasteiger partial charge on any atom is -0.480 e. The van der Waals surface area contributed by atoms with Gasteiger partial charge in [-0.05, 0) is 35.4 Å². The van der Waals surface area contributed by atoms with Crippen LogP contribution in [0.4, 0.5) is 0 Å². The SMILES string of the molecule is O=C(O)COCc1ccc(Br)cc1C(=O)O.O=C1COCc2ccc(Br)cc21. The number of carboxylic acids is 2. The number of ketones is 1. The van der Waals surface area contributed by atoms with Crippen LogP contribution in [0.2, 0.25) is 0 Å². The Bertz CT molecular complexity index is 896. The van der Waals surface area contributed by atoms with Crippen LogP contribution in [0.3, 0.4) is 0 Å². The minimum absolute atomic E-state index is 0.0405. The molecular formula is C19H16Br2O7. The summed E-state index contributed by atoms with van der Waals surface area (Å²) in [4.78, 5) is 32.4. The molecule has 7 nitrogen and oxygen atoms in total. The summed E-state index contributed by atoms with van der Waals surface area (Å²) in [7, 11) is 0. The Labute approximate surface area is 177 Å². The van der Waals surface area contributed by atoms with Gasteiger partial charge in [-0.2, -0.15) is 0 Å². The molecule has 0 bridgehead atoms. The van der Waals surface area contributed by atoms with Crippen molar-refractivity contribution in [3.05, 3.63) is 67.6 Å². The molecule has 0 saturated heterocycles. The number of aromatic carboxylic acids is 1. The third-order valence-electron chi connectivity index (χ3n) is 3.65. The van der Waals surface area contributed by atoms with Gasteiger partial charge in [0.25, 0.3) is 0 Å². The highest BCUT2D eigenvalue weighted by atomic mass is 79.9. The first-order valence-corrected chi connectivity index (χ1v) is 9.57. The molecule has 2 N–H and O–H groups in total. The fourth-order valence-corrected chi connectivity index (χ4v) is 3.11. The Kier molecular flexibility index (Phi) is 8.31. The van der Waals surface area contributed by atoms with Crippen LogP contribution in [0.5, 0.6) is 0 Å². The first-order valence-electron chi connectivity index (χ1n) is 7.98. The summed E-state index contributed by atoms with van der Waals surface area (Å²) in [6.07, 6.45) is 0. The van der Waals surface area contributed by atoms with Crippen molar-refractivity contribution in [1.29, 1.82) is 0 Å². The molecule has 0 saturated carbocycles.